The lowest BCUT2D eigenvalue weighted by atomic mass is 9.49. The summed E-state index contributed by atoms with van der Waals surface area (Å²) in [4.78, 5) is 80.9. The van der Waals surface area contributed by atoms with E-state index in [4.69, 9.17) is 33.2 Å². The van der Waals surface area contributed by atoms with E-state index >= 15 is 0 Å². The van der Waals surface area contributed by atoms with Crippen LogP contribution in [0.15, 0.2) is 77.9 Å². The first-order valence-corrected chi connectivity index (χ1v) is 19.2. The van der Waals surface area contributed by atoms with Gasteiger partial charge in [0.05, 0.1) is 34.5 Å². The molecule has 0 radical (unpaired) electrons. The number of benzene rings is 2. The van der Waals surface area contributed by atoms with Gasteiger partial charge in [-0.2, -0.15) is 0 Å². The maximum atomic E-state index is 14.3. The van der Waals surface area contributed by atoms with E-state index in [1.807, 2.05) is 18.2 Å². The number of fused-ring (bicyclic) bond motifs is 4. The van der Waals surface area contributed by atoms with Crippen molar-refractivity contribution in [2.24, 2.45) is 16.7 Å². The van der Waals surface area contributed by atoms with Crippen molar-refractivity contribution < 1.29 is 67.0 Å². The van der Waals surface area contributed by atoms with Crippen LogP contribution in [0.3, 0.4) is 0 Å². The zero-order valence-electron chi connectivity index (χ0n) is 33.8. The van der Waals surface area contributed by atoms with Gasteiger partial charge in [0, 0.05) is 46.6 Å². The number of hydrogen-bond donors (Lipinski definition) is 1. The van der Waals surface area contributed by atoms with Crippen LogP contribution in [0.4, 0.5) is 0 Å². The van der Waals surface area contributed by atoms with Crippen LogP contribution in [-0.2, 0) is 57.1 Å². The Morgan fingerprint density at radius 3 is 1.91 bits per heavy atom. The monoisotopic (exact) mass is 802 g/mol. The van der Waals surface area contributed by atoms with Crippen LogP contribution in [0.1, 0.15) is 84.2 Å². The van der Waals surface area contributed by atoms with Gasteiger partial charge in [-0.25, -0.2) is 9.59 Å². The number of aliphatic hydroxyl groups is 1. The van der Waals surface area contributed by atoms with Gasteiger partial charge in [0.15, 0.2) is 17.8 Å². The van der Waals surface area contributed by atoms with Crippen LogP contribution in [0.25, 0.3) is 6.08 Å². The average molecular weight is 803 g/mol. The molecule has 0 aromatic heterocycles. The highest BCUT2D eigenvalue weighted by Crippen LogP contribution is 2.69. The van der Waals surface area contributed by atoms with Gasteiger partial charge in [0.2, 0.25) is 0 Å². The number of ether oxygens (including phenoxy) is 7. The smallest absolute Gasteiger partial charge is 0.338 e. The second-order valence-electron chi connectivity index (χ2n) is 16.3. The highest BCUT2D eigenvalue weighted by molar-refractivity contribution is 5.90. The summed E-state index contributed by atoms with van der Waals surface area (Å²) in [6.07, 6.45) is -5.41. The quantitative estimate of drug-likeness (QED) is 0.149. The molecule has 2 saturated carbocycles. The Labute approximate surface area is 336 Å². The molecule has 2 aromatic rings. The lowest BCUT2D eigenvalue weighted by molar-refractivity contribution is -0.352. The van der Waals surface area contributed by atoms with E-state index in [1.165, 1.54) is 52.8 Å². The third kappa shape index (κ3) is 7.32. The molecule has 310 valence electrons. The number of carbonyl (C=O) groups is 6. The molecule has 1 N–H and O–H groups in total. The molecule has 0 bridgehead atoms. The second kappa shape index (κ2) is 15.8. The Bertz CT molecular complexity index is 2020. The maximum Gasteiger partial charge on any atom is 0.338 e. The predicted octanol–water partition coefficient (Wildman–Crippen LogP) is 4.85. The van der Waals surface area contributed by atoms with Crippen molar-refractivity contribution in [3.63, 3.8) is 0 Å². The zero-order chi connectivity index (χ0) is 42.4. The summed E-state index contributed by atoms with van der Waals surface area (Å²) in [7, 11) is 0. The Morgan fingerprint density at radius 1 is 0.793 bits per heavy atom. The molecule has 2 aromatic carbocycles. The molecule has 0 amide bonds. The van der Waals surface area contributed by atoms with Crippen LogP contribution in [0.2, 0.25) is 0 Å². The van der Waals surface area contributed by atoms with Crippen LogP contribution < -0.4 is 0 Å². The van der Waals surface area contributed by atoms with E-state index in [-0.39, 0.29) is 30.6 Å². The molecule has 1 saturated heterocycles. The van der Waals surface area contributed by atoms with Crippen molar-refractivity contribution in [3.05, 3.63) is 89.0 Å². The molecule has 0 unspecified atom stereocenters. The lowest BCUT2D eigenvalue weighted by Crippen LogP contribution is -2.79. The number of esters is 6. The van der Waals surface area contributed by atoms with Crippen molar-refractivity contribution in [1.29, 1.82) is 0 Å². The first kappa shape index (κ1) is 42.3. The minimum absolute atomic E-state index is 0.0642. The fourth-order valence-corrected chi connectivity index (χ4v) is 9.99. The number of rotatable bonds is 10. The van der Waals surface area contributed by atoms with Crippen LogP contribution in [0, 0.1) is 16.7 Å². The molecular weight excluding hydrogens is 752 g/mol. The summed E-state index contributed by atoms with van der Waals surface area (Å²) in [5, 5.41) is 12.7. The summed E-state index contributed by atoms with van der Waals surface area (Å²) in [5.74, 6) is -5.91. The minimum atomic E-state index is -1.93. The summed E-state index contributed by atoms with van der Waals surface area (Å²) in [6.45, 7) is 10.8. The van der Waals surface area contributed by atoms with Crippen molar-refractivity contribution in [3.8, 4) is 0 Å². The molecule has 14 nitrogen and oxygen atoms in total. The fourth-order valence-electron chi connectivity index (χ4n) is 9.99. The Balaban J connectivity index is 1.68. The molecule has 58 heavy (non-hydrogen) atoms. The Hall–Kier alpha value is -5.34. The first-order chi connectivity index (χ1) is 27.3. The normalized spacial score (nSPS) is 32.6. The molecule has 1 aliphatic heterocycles. The molecule has 10 atom stereocenters. The van der Waals surface area contributed by atoms with Crippen molar-refractivity contribution in [2.75, 3.05) is 6.61 Å². The van der Waals surface area contributed by atoms with Crippen molar-refractivity contribution in [2.45, 2.75) is 116 Å². The Morgan fingerprint density at radius 2 is 1.38 bits per heavy atom. The predicted molar refractivity (Wildman–Crippen MR) is 204 cm³/mol. The highest BCUT2D eigenvalue weighted by Gasteiger charge is 2.81. The van der Waals surface area contributed by atoms with E-state index < -0.39 is 100 Å². The fraction of sp³-hybridized carbons (Fsp3) is 0.500. The van der Waals surface area contributed by atoms with E-state index in [9.17, 15) is 33.9 Å². The van der Waals surface area contributed by atoms with Crippen molar-refractivity contribution in [1.82, 2.24) is 0 Å². The number of carbonyl (C=O) groups excluding carboxylic acids is 6. The molecular formula is C44H50O14. The van der Waals surface area contributed by atoms with Crippen LogP contribution >= 0.6 is 0 Å². The zero-order valence-corrected chi connectivity index (χ0v) is 33.8. The van der Waals surface area contributed by atoms with Gasteiger partial charge in [0.1, 0.15) is 24.4 Å². The summed E-state index contributed by atoms with van der Waals surface area (Å²) in [6, 6.07) is 17.1. The minimum Gasteiger partial charge on any atom is -0.462 e. The Kier molecular flexibility index (Phi) is 11.5. The first-order valence-electron chi connectivity index (χ1n) is 19.2. The third-order valence-corrected chi connectivity index (χ3v) is 12.3. The van der Waals surface area contributed by atoms with Gasteiger partial charge in [-0.3, -0.25) is 19.2 Å². The topological polar surface area (TPSA) is 187 Å². The third-order valence-electron chi connectivity index (χ3n) is 12.3. The molecule has 4 aliphatic rings. The van der Waals surface area contributed by atoms with E-state index in [0.29, 0.717) is 5.57 Å². The van der Waals surface area contributed by atoms with Gasteiger partial charge in [-0.05, 0) is 55.7 Å². The van der Waals surface area contributed by atoms with Crippen LogP contribution in [-0.4, -0.2) is 95.4 Å². The van der Waals surface area contributed by atoms with E-state index in [0.717, 1.165) is 12.5 Å². The summed E-state index contributed by atoms with van der Waals surface area (Å²) >= 11 is 0. The van der Waals surface area contributed by atoms with Gasteiger partial charge in [0.25, 0.3) is 0 Å². The molecule has 0 spiro atoms. The summed E-state index contributed by atoms with van der Waals surface area (Å²) < 4.78 is 43.6. The molecule has 1 heterocycles. The van der Waals surface area contributed by atoms with Crippen molar-refractivity contribution >= 4 is 41.9 Å². The molecule has 6 rings (SSSR count). The molecule has 3 aliphatic carbocycles. The van der Waals surface area contributed by atoms with Gasteiger partial charge < -0.3 is 38.3 Å². The molecule has 14 heteroatoms. The van der Waals surface area contributed by atoms with Gasteiger partial charge in [-0.1, -0.05) is 55.5 Å². The lowest BCUT2D eigenvalue weighted by Gasteiger charge is -2.65. The summed E-state index contributed by atoms with van der Waals surface area (Å²) in [5.41, 5.74) is -5.78. The second-order valence-corrected chi connectivity index (χ2v) is 16.3. The van der Waals surface area contributed by atoms with Gasteiger partial charge in [-0.15, -0.1) is 0 Å². The highest BCUT2D eigenvalue weighted by atomic mass is 16.6. The largest absolute Gasteiger partial charge is 0.462 e. The average Bonchev–Trinajstić information content (AvgIpc) is 3.40. The van der Waals surface area contributed by atoms with Crippen LogP contribution in [0.5, 0.6) is 0 Å². The maximum absolute atomic E-state index is 14.3. The number of hydrogen-bond acceptors (Lipinski definition) is 14. The van der Waals surface area contributed by atoms with Gasteiger partial charge >= 0.3 is 35.8 Å². The van der Waals surface area contributed by atoms with E-state index in [2.05, 4.69) is 0 Å². The standard InChI is InChI=1S/C44H50O14/c1-24-31(56-34(49)20-19-29-15-11-9-12-16-29)22-43(41(6,7)51)35(24)36(57-40(50)30-17-13-10-14-18-30)38(54-26(3)46)42(8)32(53-25(2)45)21-33-44(23-52-33,58-28(5)48)37(42)39(43)55-27(4)47/h9-20,31-33,36-39,51H,21-23H2,1-8H3/b20-19+/t31-,32-,33+,36+,37-,38-,39-,42+,43-,44-/m0/s1. The molecule has 3 fully saturated rings. The SMILES string of the molecule is CC(=O)O[C@H]1C[C@H]2OC[C@@]2(OC(C)=O)[C@H]2[C@H](OC(C)=O)[C@]3(C(C)(C)O)C[C@H](OC(=O)/C=C/c4ccccc4)C(C)=C3[C@@H](OC(=O)c3ccccc3)[C@H](OC(C)=O)[C@]12C. The van der Waals surface area contributed by atoms with E-state index in [1.54, 1.807) is 50.3 Å².